The molecule has 0 aliphatic heterocycles. The van der Waals surface area contributed by atoms with Crippen molar-refractivity contribution < 1.29 is 0 Å². The van der Waals surface area contributed by atoms with Crippen LogP contribution < -0.4 is 5.73 Å². The third kappa shape index (κ3) is 1.58. The fourth-order valence-electron chi connectivity index (χ4n) is 2.11. The Bertz CT molecular complexity index is 560. The van der Waals surface area contributed by atoms with Gasteiger partial charge >= 0.3 is 0 Å². The fraction of sp³-hybridized carbons (Fsp3) is 0.417. The number of aryl methyl sites for hydroxylation is 1. The number of aromatic nitrogens is 4. The number of hydrogen-bond acceptors (Lipinski definition) is 4. The highest BCUT2D eigenvalue weighted by Gasteiger charge is 2.37. The number of rotatable bonds is 2. The van der Waals surface area contributed by atoms with Crippen LogP contribution in [0, 0.1) is 12.8 Å². The van der Waals surface area contributed by atoms with E-state index in [0.717, 1.165) is 29.1 Å². The van der Waals surface area contributed by atoms with Gasteiger partial charge in [-0.15, -0.1) is 5.10 Å². The Morgan fingerprint density at radius 2 is 2.18 bits per heavy atom. The molecule has 1 saturated carbocycles. The second kappa shape index (κ2) is 3.55. The van der Waals surface area contributed by atoms with E-state index in [0.29, 0.717) is 12.0 Å². The minimum absolute atomic E-state index is 0.430. The average molecular weight is 229 g/mol. The summed E-state index contributed by atoms with van der Waals surface area (Å²) in [6.07, 6.45) is 1.14. The van der Waals surface area contributed by atoms with Gasteiger partial charge in [0.1, 0.15) is 0 Å². The van der Waals surface area contributed by atoms with Gasteiger partial charge in [-0.1, -0.05) is 19.1 Å². The number of tetrazole rings is 1. The Labute approximate surface area is 99.6 Å². The van der Waals surface area contributed by atoms with Gasteiger partial charge in [-0.25, -0.2) is 4.68 Å². The van der Waals surface area contributed by atoms with Crippen molar-refractivity contribution in [2.75, 3.05) is 5.73 Å². The summed E-state index contributed by atoms with van der Waals surface area (Å²) in [7, 11) is 0. The molecule has 88 valence electrons. The van der Waals surface area contributed by atoms with E-state index in [-0.39, 0.29) is 0 Å². The zero-order valence-electron chi connectivity index (χ0n) is 9.96. The zero-order valence-corrected chi connectivity index (χ0v) is 9.96. The van der Waals surface area contributed by atoms with E-state index in [1.54, 1.807) is 0 Å². The lowest BCUT2D eigenvalue weighted by molar-refractivity contribution is 0.584. The summed E-state index contributed by atoms with van der Waals surface area (Å²) in [6, 6.07) is 6.38. The van der Waals surface area contributed by atoms with Crippen LogP contribution in [0.4, 0.5) is 5.69 Å². The summed E-state index contributed by atoms with van der Waals surface area (Å²) in [5.74, 6) is 1.43. The van der Waals surface area contributed by atoms with Crippen molar-refractivity contribution in [1.82, 2.24) is 20.2 Å². The van der Waals surface area contributed by atoms with Crippen LogP contribution in [-0.2, 0) is 0 Å². The largest absolute Gasteiger partial charge is 0.398 e. The second-order valence-electron chi connectivity index (χ2n) is 4.76. The van der Waals surface area contributed by atoms with Gasteiger partial charge in [0.2, 0.25) is 0 Å². The third-order valence-corrected chi connectivity index (χ3v) is 3.44. The van der Waals surface area contributed by atoms with Gasteiger partial charge in [0.05, 0.1) is 6.04 Å². The molecular weight excluding hydrogens is 214 g/mol. The van der Waals surface area contributed by atoms with Crippen molar-refractivity contribution in [3.63, 3.8) is 0 Å². The van der Waals surface area contributed by atoms with Gasteiger partial charge in [-0.2, -0.15) is 0 Å². The number of para-hydroxylation sites is 1. The summed E-state index contributed by atoms with van der Waals surface area (Å²) in [5, 5.41) is 12.0. The van der Waals surface area contributed by atoms with E-state index in [1.165, 1.54) is 0 Å². The molecule has 3 rings (SSSR count). The number of nitrogen functional groups attached to an aromatic ring is 1. The van der Waals surface area contributed by atoms with E-state index in [1.807, 2.05) is 29.8 Å². The highest BCUT2D eigenvalue weighted by molar-refractivity contribution is 5.74. The number of nitrogens with zero attached hydrogens (tertiary/aromatic N) is 4. The first-order valence-corrected chi connectivity index (χ1v) is 5.82. The lowest BCUT2D eigenvalue weighted by Gasteiger charge is -2.08. The van der Waals surface area contributed by atoms with Gasteiger partial charge in [0.25, 0.3) is 0 Å². The molecule has 2 N–H and O–H groups in total. The van der Waals surface area contributed by atoms with Crippen molar-refractivity contribution >= 4 is 5.69 Å². The molecule has 1 aromatic heterocycles. The molecule has 1 fully saturated rings. The normalized spacial score (nSPS) is 22.7. The average Bonchev–Trinajstić information content (AvgIpc) is 2.86. The van der Waals surface area contributed by atoms with Crippen LogP contribution in [0.1, 0.15) is 24.9 Å². The van der Waals surface area contributed by atoms with Crippen molar-refractivity contribution in [3.05, 3.63) is 23.8 Å². The Hall–Kier alpha value is -1.91. The number of hydrogen-bond donors (Lipinski definition) is 1. The van der Waals surface area contributed by atoms with Crippen LogP contribution in [-0.4, -0.2) is 20.2 Å². The van der Waals surface area contributed by atoms with Crippen molar-refractivity contribution in [1.29, 1.82) is 0 Å². The maximum absolute atomic E-state index is 6.09. The Kier molecular flexibility index (Phi) is 2.14. The number of nitrogens with two attached hydrogens (primary N) is 1. The summed E-state index contributed by atoms with van der Waals surface area (Å²) in [4.78, 5) is 0. The molecule has 2 aromatic rings. The molecule has 1 aliphatic carbocycles. The molecule has 5 nitrogen and oxygen atoms in total. The Morgan fingerprint density at radius 1 is 1.41 bits per heavy atom. The molecule has 0 spiro atoms. The first-order chi connectivity index (χ1) is 8.18. The molecular formula is C12H15N5. The minimum Gasteiger partial charge on any atom is -0.398 e. The van der Waals surface area contributed by atoms with Gasteiger partial charge in [-0.05, 0) is 41.3 Å². The Morgan fingerprint density at radius 3 is 2.88 bits per heavy atom. The molecule has 0 amide bonds. The molecule has 0 radical (unpaired) electrons. The molecule has 2 unspecified atom stereocenters. The fourth-order valence-corrected chi connectivity index (χ4v) is 2.11. The summed E-state index contributed by atoms with van der Waals surface area (Å²) < 4.78 is 1.90. The van der Waals surface area contributed by atoms with Gasteiger partial charge < -0.3 is 5.73 Å². The third-order valence-electron chi connectivity index (χ3n) is 3.44. The molecule has 0 bridgehead atoms. The Balaban J connectivity index is 2.10. The summed E-state index contributed by atoms with van der Waals surface area (Å²) in [5.41, 5.74) is 8.83. The van der Waals surface area contributed by atoms with E-state index >= 15 is 0 Å². The maximum Gasteiger partial charge on any atom is 0.184 e. The van der Waals surface area contributed by atoms with Crippen LogP contribution in [0.2, 0.25) is 0 Å². The van der Waals surface area contributed by atoms with E-state index in [4.69, 9.17) is 5.73 Å². The van der Waals surface area contributed by atoms with Crippen molar-refractivity contribution in [2.45, 2.75) is 26.3 Å². The second-order valence-corrected chi connectivity index (χ2v) is 4.76. The van der Waals surface area contributed by atoms with Crippen molar-refractivity contribution in [3.8, 4) is 11.4 Å². The van der Waals surface area contributed by atoms with Gasteiger partial charge in [-0.3, -0.25) is 0 Å². The molecule has 17 heavy (non-hydrogen) atoms. The smallest absolute Gasteiger partial charge is 0.184 e. The van der Waals surface area contributed by atoms with E-state index in [2.05, 4.69) is 22.4 Å². The summed E-state index contributed by atoms with van der Waals surface area (Å²) >= 11 is 0. The monoisotopic (exact) mass is 229 g/mol. The highest BCUT2D eigenvalue weighted by atomic mass is 15.6. The predicted octanol–water partition coefficient (Wildman–Crippen LogP) is 1.81. The first-order valence-electron chi connectivity index (χ1n) is 5.82. The molecule has 5 heteroatoms. The maximum atomic E-state index is 6.09. The first kappa shape index (κ1) is 10.3. The van der Waals surface area contributed by atoms with E-state index < -0.39 is 0 Å². The zero-order chi connectivity index (χ0) is 12.0. The standard InChI is InChI=1S/C12H15N5/c1-7-4-3-5-9(11(7)13)12-14-15-16-17(12)10-6-8(10)2/h3-5,8,10H,6,13H2,1-2H3. The van der Waals surface area contributed by atoms with Gasteiger partial charge in [0.15, 0.2) is 5.82 Å². The van der Waals surface area contributed by atoms with Crippen LogP contribution in [0.5, 0.6) is 0 Å². The number of benzene rings is 1. The van der Waals surface area contributed by atoms with E-state index in [9.17, 15) is 0 Å². The lowest BCUT2D eigenvalue weighted by Crippen LogP contribution is -2.03. The van der Waals surface area contributed by atoms with Crippen LogP contribution in [0.25, 0.3) is 11.4 Å². The number of anilines is 1. The predicted molar refractivity (Wildman–Crippen MR) is 65.2 cm³/mol. The van der Waals surface area contributed by atoms with Crippen LogP contribution in [0.15, 0.2) is 18.2 Å². The van der Waals surface area contributed by atoms with Crippen LogP contribution >= 0.6 is 0 Å². The lowest BCUT2D eigenvalue weighted by atomic mass is 10.1. The highest BCUT2D eigenvalue weighted by Crippen LogP contribution is 2.44. The molecule has 2 atom stereocenters. The van der Waals surface area contributed by atoms with Crippen LogP contribution in [0.3, 0.4) is 0 Å². The molecule has 0 saturated heterocycles. The van der Waals surface area contributed by atoms with Gasteiger partial charge in [0, 0.05) is 11.3 Å². The topological polar surface area (TPSA) is 69.6 Å². The molecule has 1 aliphatic rings. The quantitative estimate of drug-likeness (QED) is 0.797. The SMILES string of the molecule is Cc1cccc(-c2nnnn2C2CC2C)c1N. The van der Waals surface area contributed by atoms with Crippen molar-refractivity contribution in [2.24, 2.45) is 5.92 Å². The molecule has 1 aromatic carbocycles. The molecule has 1 heterocycles. The minimum atomic E-state index is 0.430. The summed E-state index contributed by atoms with van der Waals surface area (Å²) in [6.45, 7) is 4.20.